The molecule has 0 heterocycles. The van der Waals surface area contributed by atoms with Crippen LogP contribution in [-0.2, 0) is 0 Å². The van der Waals surface area contributed by atoms with Gasteiger partial charge in [0.15, 0.2) is 0 Å². The van der Waals surface area contributed by atoms with E-state index >= 15 is 0 Å². The number of rotatable bonds is 3. The summed E-state index contributed by atoms with van der Waals surface area (Å²) in [6.07, 6.45) is 12.1. The van der Waals surface area contributed by atoms with Crippen molar-refractivity contribution in [2.45, 2.75) is 72.1 Å². The van der Waals surface area contributed by atoms with Crippen molar-refractivity contribution in [2.75, 3.05) is 0 Å². The summed E-state index contributed by atoms with van der Waals surface area (Å²) in [5, 5.41) is 0. The van der Waals surface area contributed by atoms with Crippen LogP contribution < -0.4 is 0 Å². The Balaban J connectivity index is 1.93. The molecule has 2 aliphatic carbocycles. The molecule has 16 heavy (non-hydrogen) atoms. The zero-order valence-corrected chi connectivity index (χ0v) is 11.5. The van der Waals surface area contributed by atoms with Crippen molar-refractivity contribution in [1.29, 1.82) is 0 Å². The molecule has 2 saturated carbocycles. The van der Waals surface area contributed by atoms with Crippen LogP contribution in [0.2, 0.25) is 0 Å². The standard InChI is InChI=1S/C16H30/c1-4-13-7-9-16(14(5-2)11-13)15-8-6-12(3)10-15/h12-16H,4-11H2,1-3H3. The lowest BCUT2D eigenvalue weighted by molar-refractivity contribution is 0.117. The zero-order chi connectivity index (χ0) is 11.5. The highest BCUT2D eigenvalue weighted by atomic mass is 14.4. The van der Waals surface area contributed by atoms with Crippen molar-refractivity contribution in [2.24, 2.45) is 29.6 Å². The number of hydrogen-bond donors (Lipinski definition) is 0. The Labute approximate surface area is 102 Å². The molecule has 0 saturated heterocycles. The maximum absolute atomic E-state index is 2.46. The summed E-state index contributed by atoms with van der Waals surface area (Å²) in [6, 6.07) is 0. The van der Waals surface area contributed by atoms with Gasteiger partial charge in [0.25, 0.3) is 0 Å². The first-order chi connectivity index (χ1) is 7.74. The first kappa shape index (κ1) is 12.5. The van der Waals surface area contributed by atoms with Crippen LogP contribution >= 0.6 is 0 Å². The maximum Gasteiger partial charge on any atom is -0.0357 e. The lowest BCUT2D eigenvalue weighted by Gasteiger charge is -2.39. The van der Waals surface area contributed by atoms with Gasteiger partial charge in [-0.15, -0.1) is 0 Å². The van der Waals surface area contributed by atoms with Crippen LogP contribution in [0.1, 0.15) is 72.1 Å². The zero-order valence-electron chi connectivity index (χ0n) is 11.5. The van der Waals surface area contributed by atoms with E-state index < -0.39 is 0 Å². The van der Waals surface area contributed by atoms with Crippen LogP contribution in [0, 0.1) is 29.6 Å². The van der Waals surface area contributed by atoms with Gasteiger partial charge < -0.3 is 0 Å². The van der Waals surface area contributed by atoms with Crippen LogP contribution in [-0.4, -0.2) is 0 Å². The number of hydrogen-bond acceptors (Lipinski definition) is 0. The Hall–Kier alpha value is 0. The van der Waals surface area contributed by atoms with Crippen molar-refractivity contribution in [1.82, 2.24) is 0 Å². The monoisotopic (exact) mass is 222 g/mol. The van der Waals surface area contributed by atoms with Crippen molar-refractivity contribution in [3.8, 4) is 0 Å². The summed E-state index contributed by atoms with van der Waals surface area (Å²) in [7, 11) is 0. The normalized spacial score (nSPS) is 44.8. The van der Waals surface area contributed by atoms with Crippen LogP contribution in [0.25, 0.3) is 0 Å². The predicted molar refractivity (Wildman–Crippen MR) is 71.4 cm³/mol. The smallest absolute Gasteiger partial charge is 0.0357 e. The van der Waals surface area contributed by atoms with E-state index in [1.807, 2.05) is 0 Å². The fourth-order valence-electron chi connectivity index (χ4n) is 4.49. The second-order valence-corrected chi connectivity index (χ2v) is 6.60. The van der Waals surface area contributed by atoms with E-state index in [4.69, 9.17) is 0 Å². The summed E-state index contributed by atoms with van der Waals surface area (Å²) >= 11 is 0. The molecule has 0 aliphatic heterocycles. The molecule has 0 aromatic carbocycles. The average Bonchev–Trinajstić information content (AvgIpc) is 2.74. The van der Waals surface area contributed by atoms with Gasteiger partial charge in [-0.25, -0.2) is 0 Å². The maximum atomic E-state index is 2.46. The van der Waals surface area contributed by atoms with Gasteiger partial charge in [0.1, 0.15) is 0 Å². The summed E-state index contributed by atoms with van der Waals surface area (Å²) in [4.78, 5) is 0. The molecule has 0 N–H and O–H groups in total. The summed E-state index contributed by atoms with van der Waals surface area (Å²) in [5.41, 5.74) is 0. The van der Waals surface area contributed by atoms with Crippen LogP contribution in [0.3, 0.4) is 0 Å². The largest absolute Gasteiger partial charge is 0.0651 e. The molecule has 94 valence electrons. The van der Waals surface area contributed by atoms with Crippen molar-refractivity contribution >= 4 is 0 Å². The van der Waals surface area contributed by atoms with Gasteiger partial charge in [-0.2, -0.15) is 0 Å². The van der Waals surface area contributed by atoms with E-state index in [0.717, 1.165) is 29.6 Å². The lowest BCUT2D eigenvalue weighted by Crippen LogP contribution is -2.29. The molecule has 0 amide bonds. The Morgan fingerprint density at radius 2 is 1.69 bits per heavy atom. The molecule has 0 nitrogen and oxygen atoms in total. The molecule has 0 spiro atoms. The van der Waals surface area contributed by atoms with Crippen molar-refractivity contribution in [3.63, 3.8) is 0 Å². The van der Waals surface area contributed by atoms with Gasteiger partial charge in [0.2, 0.25) is 0 Å². The minimum atomic E-state index is 1.02. The molecule has 2 rings (SSSR count). The third-order valence-electron chi connectivity index (χ3n) is 5.59. The Bertz CT molecular complexity index is 208. The van der Waals surface area contributed by atoms with Gasteiger partial charge in [0.05, 0.1) is 0 Å². The van der Waals surface area contributed by atoms with Crippen LogP contribution in [0.15, 0.2) is 0 Å². The molecule has 0 aromatic rings. The SMILES string of the molecule is CCC1CCC(C2CCC(C)C2)C(CC)C1. The third kappa shape index (κ3) is 2.63. The first-order valence-electron chi connectivity index (χ1n) is 7.74. The molecule has 0 radical (unpaired) electrons. The van der Waals surface area contributed by atoms with E-state index in [1.165, 1.54) is 32.1 Å². The van der Waals surface area contributed by atoms with Crippen LogP contribution in [0.5, 0.6) is 0 Å². The Morgan fingerprint density at radius 1 is 0.875 bits per heavy atom. The highest BCUT2D eigenvalue weighted by Gasteiger charge is 2.36. The molecule has 5 atom stereocenters. The molecule has 0 heteroatoms. The molecular weight excluding hydrogens is 192 g/mol. The quantitative estimate of drug-likeness (QED) is 0.610. The molecule has 2 fully saturated rings. The summed E-state index contributed by atoms with van der Waals surface area (Å²) in [5.74, 6) is 5.33. The first-order valence-corrected chi connectivity index (χ1v) is 7.74. The third-order valence-corrected chi connectivity index (χ3v) is 5.59. The highest BCUT2D eigenvalue weighted by Crippen LogP contribution is 2.47. The fourth-order valence-corrected chi connectivity index (χ4v) is 4.49. The summed E-state index contributed by atoms with van der Waals surface area (Å²) in [6.45, 7) is 7.27. The molecule has 2 aliphatic rings. The molecule has 5 unspecified atom stereocenters. The predicted octanol–water partition coefficient (Wildman–Crippen LogP) is 5.28. The van der Waals surface area contributed by atoms with Crippen LogP contribution in [0.4, 0.5) is 0 Å². The van der Waals surface area contributed by atoms with Crippen molar-refractivity contribution < 1.29 is 0 Å². The van der Waals surface area contributed by atoms with E-state index in [9.17, 15) is 0 Å². The highest BCUT2D eigenvalue weighted by molar-refractivity contribution is 4.87. The van der Waals surface area contributed by atoms with E-state index in [2.05, 4.69) is 20.8 Å². The summed E-state index contributed by atoms with van der Waals surface area (Å²) < 4.78 is 0. The molecular formula is C16H30. The topological polar surface area (TPSA) is 0 Å². The average molecular weight is 222 g/mol. The Morgan fingerprint density at radius 3 is 2.25 bits per heavy atom. The van der Waals surface area contributed by atoms with Crippen molar-refractivity contribution in [3.05, 3.63) is 0 Å². The van der Waals surface area contributed by atoms with Gasteiger partial charge in [-0.1, -0.05) is 46.5 Å². The lowest BCUT2D eigenvalue weighted by atomic mass is 9.67. The van der Waals surface area contributed by atoms with E-state index in [1.54, 1.807) is 19.3 Å². The second kappa shape index (κ2) is 5.56. The molecule has 0 aromatic heterocycles. The van der Waals surface area contributed by atoms with Gasteiger partial charge >= 0.3 is 0 Å². The van der Waals surface area contributed by atoms with Gasteiger partial charge in [0, 0.05) is 0 Å². The second-order valence-electron chi connectivity index (χ2n) is 6.60. The molecule has 0 bridgehead atoms. The fraction of sp³-hybridized carbons (Fsp3) is 1.00. The van der Waals surface area contributed by atoms with Gasteiger partial charge in [-0.3, -0.25) is 0 Å². The minimum Gasteiger partial charge on any atom is -0.0651 e. The van der Waals surface area contributed by atoms with E-state index in [-0.39, 0.29) is 0 Å². The minimum absolute atomic E-state index is 1.02. The Kier molecular flexibility index (Phi) is 4.33. The van der Waals surface area contributed by atoms with E-state index in [0.29, 0.717) is 0 Å². The van der Waals surface area contributed by atoms with Gasteiger partial charge in [-0.05, 0) is 55.3 Å².